The minimum Gasteiger partial charge on any atom is -0.461 e. The van der Waals surface area contributed by atoms with Gasteiger partial charge in [-0.25, -0.2) is 0 Å². The van der Waals surface area contributed by atoms with Gasteiger partial charge in [-0.15, -0.1) is 0 Å². The zero-order valence-corrected chi connectivity index (χ0v) is 16.8. The molecule has 2 unspecified atom stereocenters. The van der Waals surface area contributed by atoms with Gasteiger partial charge < -0.3 is 9.47 Å². The van der Waals surface area contributed by atoms with Crippen LogP contribution in [0.25, 0.3) is 0 Å². The predicted molar refractivity (Wildman–Crippen MR) is 109 cm³/mol. The summed E-state index contributed by atoms with van der Waals surface area (Å²) in [7, 11) is 0. The van der Waals surface area contributed by atoms with Gasteiger partial charge in [-0.05, 0) is 17.5 Å². The SMILES string of the molecule is CCCCCC(C(=O)OCc1ccccc1)C(C)C(=O)OCc1ccccc1. The van der Waals surface area contributed by atoms with E-state index in [1.807, 2.05) is 60.7 Å². The van der Waals surface area contributed by atoms with Crippen molar-refractivity contribution in [2.24, 2.45) is 11.8 Å². The second-order valence-corrected chi connectivity index (χ2v) is 7.08. The number of hydrogen-bond donors (Lipinski definition) is 0. The molecule has 0 saturated carbocycles. The van der Waals surface area contributed by atoms with Crippen LogP contribution < -0.4 is 0 Å². The van der Waals surface area contributed by atoms with Gasteiger partial charge in [-0.3, -0.25) is 9.59 Å². The zero-order valence-electron chi connectivity index (χ0n) is 16.8. The molecule has 0 aromatic heterocycles. The lowest BCUT2D eigenvalue weighted by Crippen LogP contribution is -2.30. The van der Waals surface area contributed by atoms with Crippen LogP contribution in [0.1, 0.15) is 50.7 Å². The Balaban J connectivity index is 1.94. The Morgan fingerprint density at radius 2 is 1.29 bits per heavy atom. The molecular weight excluding hydrogens is 352 g/mol. The number of carbonyl (C=O) groups is 2. The molecular formula is C24H30O4. The maximum absolute atomic E-state index is 12.7. The third-order valence-corrected chi connectivity index (χ3v) is 4.84. The fourth-order valence-electron chi connectivity index (χ4n) is 3.05. The molecule has 0 aliphatic carbocycles. The lowest BCUT2D eigenvalue weighted by molar-refractivity contribution is -0.162. The highest BCUT2D eigenvalue weighted by Crippen LogP contribution is 2.23. The van der Waals surface area contributed by atoms with Crippen LogP contribution in [0.5, 0.6) is 0 Å². The molecule has 28 heavy (non-hydrogen) atoms. The Morgan fingerprint density at radius 1 is 0.786 bits per heavy atom. The van der Waals surface area contributed by atoms with Crippen molar-refractivity contribution in [2.75, 3.05) is 0 Å². The first kappa shape index (κ1) is 21.7. The minimum absolute atomic E-state index is 0.213. The first-order valence-corrected chi connectivity index (χ1v) is 10.0. The normalized spacial score (nSPS) is 12.8. The van der Waals surface area contributed by atoms with Crippen molar-refractivity contribution in [3.8, 4) is 0 Å². The van der Waals surface area contributed by atoms with Crippen LogP contribution in [0, 0.1) is 11.8 Å². The number of hydrogen-bond acceptors (Lipinski definition) is 4. The molecule has 0 aliphatic heterocycles. The molecule has 0 spiro atoms. The fraction of sp³-hybridized carbons (Fsp3) is 0.417. The average molecular weight is 383 g/mol. The van der Waals surface area contributed by atoms with Gasteiger partial charge >= 0.3 is 11.9 Å². The monoisotopic (exact) mass is 382 g/mol. The summed E-state index contributed by atoms with van der Waals surface area (Å²) in [6.45, 7) is 4.30. The second-order valence-electron chi connectivity index (χ2n) is 7.08. The van der Waals surface area contributed by atoms with E-state index in [1.54, 1.807) is 6.92 Å². The summed E-state index contributed by atoms with van der Waals surface area (Å²) in [4.78, 5) is 25.2. The second kappa shape index (κ2) is 12.0. The lowest BCUT2D eigenvalue weighted by atomic mass is 9.89. The van der Waals surface area contributed by atoms with Crippen molar-refractivity contribution in [3.05, 3.63) is 71.8 Å². The predicted octanol–water partition coefficient (Wildman–Crippen LogP) is 5.31. The molecule has 0 fully saturated rings. The van der Waals surface area contributed by atoms with Crippen molar-refractivity contribution in [1.82, 2.24) is 0 Å². The van der Waals surface area contributed by atoms with Gasteiger partial charge in [0.15, 0.2) is 0 Å². The molecule has 0 aliphatic rings. The summed E-state index contributed by atoms with van der Waals surface area (Å²) >= 11 is 0. The van der Waals surface area contributed by atoms with E-state index >= 15 is 0 Å². The number of rotatable bonds is 11. The summed E-state index contributed by atoms with van der Waals surface area (Å²) in [5, 5.41) is 0. The minimum atomic E-state index is -0.538. The first-order valence-electron chi connectivity index (χ1n) is 10.0. The Labute approximate surface area is 167 Å². The number of carbonyl (C=O) groups excluding carboxylic acids is 2. The van der Waals surface area contributed by atoms with Gasteiger partial charge in [0.1, 0.15) is 13.2 Å². The van der Waals surface area contributed by atoms with Crippen LogP contribution in [-0.2, 0) is 32.3 Å². The van der Waals surface area contributed by atoms with E-state index < -0.39 is 11.8 Å². The molecule has 0 radical (unpaired) electrons. The third-order valence-electron chi connectivity index (χ3n) is 4.84. The number of ether oxygens (including phenoxy) is 2. The number of unbranched alkanes of at least 4 members (excludes halogenated alkanes) is 2. The van der Waals surface area contributed by atoms with Gasteiger partial charge in [0.2, 0.25) is 0 Å². The highest BCUT2D eigenvalue weighted by atomic mass is 16.5. The van der Waals surface area contributed by atoms with E-state index in [-0.39, 0.29) is 25.2 Å². The average Bonchev–Trinajstić information content (AvgIpc) is 2.74. The van der Waals surface area contributed by atoms with E-state index in [0.29, 0.717) is 6.42 Å². The van der Waals surface area contributed by atoms with Crippen LogP contribution in [-0.4, -0.2) is 11.9 Å². The van der Waals surface area contributed by atoms with Crippen LogP contribution >= 0.6 is 0 Å². The van der Waals surface area contributed by atoms with Crippen LogP contribution in [0.3, 0.4) is 0 Å². The molecule has 4 heteroatoms. The fourth-order valence-corrected chi connectivity index (χ4v) is 3.05. The quantitative estimate of drug-likeness (QED) is 0.391. The highest BCUT2D eigenvalue weighted by Gasteiger charge is 2.32. The largest absolute Gasteiger partial charge is 0.461 e. The summed E-state index contributed by atoms with van der Waals surface area (Å²) in [6.07, 6.45) is 3.59. The lowest BCUT2D eigenvalue weighted by Gasteiger charge is -2.21. The Bertz CT molecular complexity index is 712. The first-order chi connectivity index (χ1) is 13.6. The van der Waals surface area contributed by atoms with Gasteiger partial charge in [0.05, 0.1) is 11.8 Å². The Morgan fingerprint density at radius 3 is 1.79 bits per heavy atom. The van der Waals surface area contributed by atoms with Crippen LogP contribution in [0.15, 0.2) is 60.7 Å². The summed E-state index contributed by atoms with van der Waals surface area (Å²) in [6, 6.07) is 19.1. The highest BCUT2D eigenvalue weighted by molar-refractivity contribution is 5.81. The van der Waals surface area contributed by atoms with E-state index in [2.05, 4.69) is 6.92 Å². The van der Waals surface area contributed by atoms with Crippen LogP contribution in [0.4, 0.5) is 0 Å². The van der Waals surface area contributed by atoms with Gasteiger partial charge in [0, 0.05) is 0 Å². The molecule has 150 valence electrons. The van der Waals surface area contributed by atoms with Crippen molar-refractivity contribution in [2.45, 2.75) is 52.7 Å². The Kier molecular flexibility index (Phi) is 9.26. The molecule has 0 heterocycles. The summed E-state index contributed by atoms with van der Waals surface area (Å²) in [5.74, 6) is -1.71. The molecule has 2 atom stereocenters. The van der Waals surface area contributed by atoms with Gasteiger partial charge in [0.25, 0.3) is 0 Å². The maximum Gasteiger partial charge on any atom is 0.310 e. The van der Waals surface area contributed by atoms with Crippen LogP contribution in [0.2, 0.25) is 0 Å². The van der Waals surface area contributed by atoms with Crippen molar-refractivity contribution in [1.29, 1.82) is 0 Å². The molecule has 4 nitrogen and oxygen atoms in total. The van der Waals surface area contributed by atoms with E-state index in [4.69, 9.17) is 9.47 Å². The molecule has 2 aromatic rings. The smallest absolute Gasteiger partial charge is 0.310 e. The number of esters is 2. The van der Waals surface area contributed by atoms with Crippen molar-refractivity contribution < 1.29 is 19.1 Å². The van der Waals surface area contributed by atoms with E-state index in [0.717, 1.165) is 30.4 Å². The molecule has 0 amide bonds. The summed E-state index contributed by atoms with van der Waals surface area (Å²) < 4.78 is 11.0. The summed E-state index contributed by atoms with van der Waals surface area (Å²) in [5.41, 5.74) is 1.86. The molecule has 0 saturated heterocycles. The van der Waals surface area contributed by atoms with Gasteiger partial charge in [-0.2, -0.15) is 0 Å². The standard InChI is InChI=1S/C24H30O4/c1-3-4-7-16-22(24(26)28-18-21-14-10-6-11-15-21)19(2)23(25)27-17-20-12-8-5-9-13-20/h5-6,8-15,19,22H,3-4,7,16-18H2,1-2H3. The van der Waals surface area contributed by atoms with Crippen molar-refractivity contribution >= 4 is 11.9 Å². The van der Waals surface area contributed by atoms with Gasteiger partial charge in [-0.1, -0.05) is 93.8 Å². The zero-order chi connectivity index (χ0) is 20.2. The third kappa shape index (κ3) is 7.18. The maximum atomic E-state index is 12.7. The number of benzene rings is 2. The molecule has 0 N–H and O–H groups in total. The van der Waals surface area contributed by atoms with E-state index in [1.165, 1.54) is 0 Å². The van der Waals surface area contributed by atoms with E-state index in [9.17, 15) is 9.59 Å². The topological polar surface area (TPSA) is 52.6 Å². The molecule has 2 aromatic carbocycles. The molecule has 2 rings (SSSR count). The Hall–Kier alpha value is -2.62. The van der Waals surface area contributed by atoms with Crippen molar-refractivity contribution in [3.63, 3.8) is 0 Å². The molecule has 0 bridgehead atoms.